The molecule has 4 rings (SSSR count). The Morgan fingerprint density at radius 1 is 1.16 bits per heavy atom. The van der Waals surface area contributed by atoms with Crippen molar-refractivity contribution in [3.8, 4) is 0 Å². The Labute approximate surface area is 266 Å². The summed E-state index contributed by atoms with van der Waals surface area (Å²) in [5.74, 6) is 0.712. The van der Waals surface area contributed by atoms with Gasteiger partial charge in [-0.3, -0.25) is 14.4 Å². The lowest BCUT2D eigenvalue weighted by Gasteiger charge is -2.60. The quantitative estimate of drug-likeness (QED) is 0.113. The summed E-state index contributed by atoms with van der Waals surface area (Å²) < 4.78 is 6.39. The highest BCUT2D eigenvalue weighted by Gasteiger charge is 2.67. The lowest BCUT2D eigenvalue weighted by atomic mass is 9.45. The molecule has 9 heteroatoms. The second-order valence-corrected chi connectivity index (χ2v) is 14.9. The maximum absolute atomic E-state index is 13.6. The molecule has 8 atom stereocenters. The number of hydrogen-bond acceptors (Lipinski definition) is 7. The van der Waals surface area contributed by atoms with Crippen molar-refractivity contribution < 1.29 is 24.2 Å². The minimum Gasteiger partial charge on any atom is -0.461 e. The Morgan fingerprint density at radius 3 is 2.60 bits per heavy atom. The molecule has 1 aromatic carbocycles. The summed E-state index contributed by atoms with van der Waals surface area (Å²) in [6.45, 7) is 7.69. The van der Waals surface area contributed by atoms with Crippen molar-refractivity contribution in [2.75, 3.05) is 24.7 Å². The highest BCUT2D eigenvalue weighted by molar-refractivity contribution is 8.00. The zero-order valence-electron chi connectivity index (χ0n) is 26.1. The molecule has 0 saturated heterocycles. The fraction of sp³-hybridized carbons (Fsp3) is 0.735. The van der Waals surface area contributed by atoms with Gasteiger partial charge in [0.1, 0.15) is 11.9 Å². The van der Waals surface area contributed by atoms with Gasteiger partial charge < -0.3 is 20.9 Å². The number of esters is 1. The molecule has 0 aromatic heterocycles. The van der Waals surface area contributed by atoms with Crippen LogP contribution < -0.4 is 11.1 Å². The zero-order chi connectivity index (χ0) is 31.2. The number of ketones is 1. The molecule has 0 unspecified atom stereocenters. The third-order valence-electron chi connectivity index (χ3n) is 11.2. The molecule has 1 amide bonds. The van der Waals surface area contributed by atoms with Crippen LogP contribution in [0.25, 0.3) is 0 Å². The minimum atomic E-state index is -0.543. The molecular formula is C34H51ClN2O5S. The van der Waals surface area contributed by atoms with Gasteiger partial charge in [0.05, 0.1) is 18.3 Å². The number of benzene rings is 1. The number of alkyl halides is 1. The Balaban J connectivity index is 1.48. The van der Waals surface area contributed by atoms with E-state index in [1.807, 2.05) is 24.3 Å². The van der Waals surface area contributed by atoms with Gasteiger partial charge in [0.15, 0.2) is 0 Å². The molecule has 3 fully saturated rings. The normalized spacial score (nSPS) is 33.8. The molecule has 3 aliphatic rings. The van der Waals surface area contributed by atoms with Crippen molar-refractivity contribution in [1.29, 1.82) is 0 Å². The molecule has 3 saturated carbocycles. The maximum atomic E-state index is 13.6. The number of unbranched alkanes of at least 4 members (excludes halogenated alkanes) is 1. The van der Waals surface area contributed by atoms with Crippen LogP contribution >= 0.6 is 23.4 Å². The summed E-state index contributed by atoms with van der Waals surface area (Å²) in [5, 5.41) is 14.6. The van der Waals surface area contributed by atoms with E-state index in [1.54, 1.807) is 0 Å². The van der Waals surface area contributed by atoms with Gasteiger partial charge in [-0.1, -0.05) is 39.3 Å². The molecule has 3 aliphatic carbocycles. The van der Waals surface area contributed by atoms with Gasteiger partial charge in [0.2, 0.25) is 5.91 Å². The number of nitrogens with two attached hydrogens (primary N) is 1. The number of thioether (sulfide) groups is 1. The third kappa shape index (κ3) is 7.45. The molecule has 7 nitrogen and oxygen atoms in total. The molecule has 4 N–H and O–H groups in total. The summed E-state index contributed by atoms with van der Waals surface area (Å²) in [6, 6.07) is 7.68. The number of hydrogen-bond donors (Lipinski definition) is 3. The number of nitrogens with one attached hydrogen (secondary N) is 1. The monoisotopic (exact) mass is 634 g/mol. The van der Waals surface area contributed by atoms with Crippen LogP contribution in [0.5, 0.6) is 0 Å². The zero-order valence-corrected chi connectivity index (χ0v) is 27.7. The fourth-order valence-corrected chi connectivity index (χ4v) is 9.37. The summed E-state index contributed by atoms with van der Waals surface area (Å²) >= 11 is 7.40. The predicted molar refractivity (Wildman–Crippen MR) is 172 cm³/mol. The molecule has 240 valence electrons. The van der Waals surface area contributed by atoms with Crippen LogP contribution in [0.3, 0.4) is 0 Å². The van der Waals surface area contributed by atoms with E-state index in [0.717, 1.165) is 55.4 Å². The van der Waals surface area contributed by atoms with Crippen molar-refractivity contribution >= 4 is 41.0 Å². The Kier molecular flexibility index (Phi) is 12.0. The molecule has 0 aliphatic heterocycles. The van der Waals surface area contributed by atoms with E-state index in [9.17, 15) is 19.5 Å². The molecule has 43 heavy (non-hydrogen) atoms. The van der Waals surface area contributed by atoms with Crippen molar-refractivity contribution in [2.24, 2.45) is 40.2 Å². The average Bonchev–Trinajstić information content (AvgIpc) is 3.34. The van der Waals surface area contributed by atoms with Crippen molar-refractivity contribution in [2.45, 2.75) is 102 Å². The van der Waals surface area contributed by atoms with E-state index >= 15 is 0 Å². The van der Waals surface area contributed by atoms with E-state index < -0.39 is 17.6 Å². The predicted octanol–water partition coefficient (Wildman–Crippen LogP) is 5.53. The Morgan fingerprint density at radius 2 is 1.91 bits per heavy atom. The van der Waals surface area contributed by atoms with E-state index in [0.29, 0.717) is 38.2 Å². The van der Waals surface area contributed by atoms with E-state index in [-0.39, 0.29) is 52.5 Å². The summed E-state index contributed by atoms with van der Waals surface area (Å²) in [5.41, 5.74) is 5.67. The second kappa shape index (κ2) is 15.1. The van der Waals surface area contributed by atoms with Gasteiger partial charge in [-0.15, -0.1) is 23.4 Å². The number of aliphatic hydroxyl groups is 1. The first-order chi connectivity index (χ1) is 20.6. The SMILES string of the molecule is C[C@@H]1CC[C@@]23CCC(=O)[C@H]2[C@]1(C)[C@@H](OC(=O)CSc1ccc(CC(=O)NCCCN)cc1)C[C@H](CCCCCl)[C@@H](O)[C@@H]3C. The minimum absolute atomic E-state index is 0.0122. The standard InChI is InChI=1S/C34H51ClN2O5S/c1-22-12-14-34-15-13-27(38)32(34)33(22,3)28(20-25(7-4-5-16-35)31(41)23(34)2)42-30(40)21-43-26-10-8-24(9-11-26)19-29(39)37-18-6-17-36/h8-11,22-23,25,28,31-32,41H,4-7,12-21,36H2,1-3H3,(H,37,39)/t22-,23+,25+,28+,31+,32+,33+,34+/m1/s1. The van der Waals surface area contributed by atoms with Crippen molar-refractivity contribution in [3.05, 3.63) is 29.8 Å². The number of amides is 1. The van der Waals surface area contributed by atoms with Gasteiger partial charge in [0, 0.05) is 35.1 Å². The van der Waals surface area contributed by atoms with Crippen LogP contribution in [-0.2, 0) is 25.5 Å². The van der Waals surface area contributed by atoms with Crippen LogP contribution in [0.2, 0.25) is 0 Å². The van der Waals surface area contributed by atoms with Crippen molar-refractivity contribution in [1.82, 2.24) is 5.32 Å². The van der Waals surface area contributed by atoms with Crippen molar-refractivity contribution in [3.63, 3.8) is 0 Å². The molecule has 0 spiro atoms. The number of halogens is 1. The topological polar surface area (TPSA) is 119 Å². The van der Waals surface area contributed by atoms with Crippen LogP contribution in [0.1, 0.15) is 84.1 Å². The number of carbonyl (C=O) groups excluding carboxylic acids is 3. The first kappa shape index (κ1) is 34.3. The Bertz CT molecular complexity index is 1120. The molecule has 1 aromatic rings. The van der Waals surface area contributed by atoms with Crippen LogP contribution in [-0.4, -0.2) is 59.7 Å². The number of Topliss-reactive ketones (excluding diaryl/α,β-unsaturated/α-hetero) is 1. The van der Waals surface area contributed by atoms with Crippen LogP contribution in [0.15, 0.2) is 29.2 Å². The molecule has 0 radical (unpaired) electrons. The average molecular weight is 635 g/mol. The van der Waals surface area contributed by atoms with Crippen LogP contribution in [0.4, 0.5) is 0 Å². The highest BCUT2D eigenvalue weighted by atomic mass is 35.5. The number of ether oxygens (including phenoxy) is 1. The molecular weight excluding hydrogens is 584 g/mol. The first-order valence-corrected chi connectivity index (χ1v) is 17.7. The number of aliphatic hydroxyl groups excluding tert-OH is 1. The summed E-state index contributed by atoms with van der Waals surface area (Å²) in [4.78, 5) is 40.1. The van der Waals surface area contributed by atoms with Gasteiger partial charge in [-0.25, -0.2) is 0 Å². The second-order valence-electron chi connectivity index (χ2n) is 13.5. The lowest BCUT2D eigenvalue weighted by molar-refractivity contribution is -0.199. The number of carbonyl (C=O) groups is 3. The Hall–Kier alpha value is -1.61. The van der Waals surface area contributed by atoms with E-state index in [1.165, 1.54) is 11.8 Å². The third-order valence-corrected chi connectivity index (χ3v) is 12.4. The smallest absolute Gasteiger partial charge is 0.316 e. The van der Waals surface area contributed by atoms with Gasteiger partial charge in [-0.05, 0) is 92.4 Å². The summed E-state index contributed by atoms with van der Waals surface area (Å²) in [6.07, 6.45) is 6.53. The van der Waals surface area contributed by atoms with Gasteiger partial charge in [0.25, 0.3) is 0 Å². The largest absolute Gasteiger partial charge is 0.461 e. The highest BCUT2D eigenvalue weighted by Crippen LogP contribution is 2.67. The van der Waals surface area contributed by atoms with Gasteiger partial charge in [-0.2, -0.15) is 0 Å². The summed E-state index contributed by atoms with van der Waals surface area (Å²) in [7, 11) is 0. The lowest BCUT2D eigenvalue weighted by Crippen LogP contribution is -2.61. The number of rotatable bonds is 13. The first-order valence-electron chi connectivity index (χ1n) is 16.2. The van der Waals surface area contributed by atoms with E-state index in [2.05, 4.69) is 26.1 Å². The molecule has 0 heterocycles. The van der Waals surface area contributed by atoms with E-state index in [4.69, 9.17) is 22.1 Å². The fourth-order valence-electron chi connectivity index (χ4n) is 8.50. The van der Waals surface area contributed by atoms with Crippen LogP contribution in [0, 0.1) is 34.5 Å². The maximum Gasteiger partial charge on any atom is 0.316 e. The van der Waals surface area contributed by atoms with Gasteiger partial charge >= 0.3 is 5.97 Å². The molecule has 2 bridgehead atoms.